The van der Waals surface area contributed by atoms with E-state index in [1.165, 1.54) is 110 Å². The summed E-state index contributed by atoms with van der Waals surface area (Å²) < 4.78 is 0. The monoisotopic (exact) mass is 282 g/mol. The number of nitrogens with one attached hydrogen (secondary N) is 1. The maximum Gasteiger partial charge on any atom is -0.000664 e. The molecule has 0 spiro atoms. The molecule has 120 valence electrons. The highest BCUT2D eigenvalue weighted by Gasteiger charge is 2.08. The van der Waals surface area contributed by atoms with Gasteiger partial charge in [-0.2, -0.15) is 0 Å². The van der Waals surface area contributed by atoms with E-state index in [1.807, 2.05) is 0 Å². The molecule has 1 heterocycles. The highest BCUT2D eigenvalue weighted by atomic mass is 15.1. The molecule has 1 N–H and O–H groups in total. The predicted molar refractivity (Wildman–Crippen MR) is 90.4 cm³/mol. The minimum atomic E-state index is 1.22. The van der Waals surface area contributed by atoms with Crippen molar-refractivity contribution in [2.45, 2.75) is 84.0 Å². The first-order valence-electron chi connectivity index (χ1n) is 9.36. The molecule has 0 bridgehead atoms. The van der Waals surface area contributed by atoms with E-state index in [9.17, 15) is 0 Å². The van der Waals surface area contributed by atoms with E-state index in [0.29, 0.717) is 0 Å². The van der Waals surface area contributed by atoms with Crippen molar-refractivity contribution in [3.05, 3.63) is 0 Å². The zero-order chi connectivity index (χ0) is 14.3. The molecule has 0 aliphatic carbocycles. The van der Waals surface area contributed by atoms with E-state index in [0.717, 1.165) is 0 Å². The summed E-state index contributed by atoms with van der Waals surface area (Å²) in [7, 11) is 0. The van der Waals surface area contributed by atoms with Crippen LogP contribution in [0, 0.1) is 0 Å². The Bertz CT molecular complexity index is 188. The van der Waals surface area contributed by atoms with Gasteiger partial charge in [-0.1, -0.05) is 58.3 Å². The molecule has 0 aromatic heterocycles. The van der Waals surface area contributed by atoms with Gasteiger partial charge in [0, 0.05) is 0 Å². The zero-order valence-electron chi connectivity index (χ0n) is 14.0. The van der Waals surface area contributed by atoms with Crippen molar-refractivity contribution in [3.8, 4) is 0 Å². The maximum atomic E-state index is 3.61. The summed E-state index contributed by atoms with van der Waals surface area (Å²) in [5, 5.41) is 3.61. The van der Waals surface area contributed by atoms with Crippen molar-refractivity contribution >= 4 is 0 Å². The molecule has 1 aliphatic rings. The lowest BCUT2D eigenvalue weighted by atomic mass is 10.1. The minimum absolute atomic E-state index is 1.22. The number of hydrogen-bond donors (Lipinski definition) is 1. The van der Waals surface area contributed by atoms with Crippen molar-refractivity contribution in [3.63, 3.8) is 0 Å². The van der Waals surface area contributed by atoms with E-state index < -0.39 is 0 Å². The summed E-state index contributed by atoms with van der Waals surface area (Å²) in [5.74, 6) is 0. The molecule has 1 fully saturated rings. The molecule has 0 radical (unpaired) electrons. The fraction of sp³-hybridized carbons (Fsp3) is 1.00. The van der Waals surface area contributed by atoms with E-state index in [4.69, 9.17) is 0 Å². The predicted octanol–water partition coefficient (Wildman–Crippen LogP) is 4.59. The fourth-order valence-corrected chi connectivity index (χ4v) is 3.12. The summed E-state index contributed by atoms with van der Waals surface area (Å²) in [6, 6.07) is 0. The first kappa shape index (κ1) is 18.0. The lowest BCUT2D eigenvalue weighted by molar-refractivity contribution is 0.226. The molecule has 1 rings (SSSR count). The highest BCUT2D eigenvalue weighted by Crippen LogP contribution is 2.09. The van der Waals surface area contributed by atoms with Gasteiger partial charge in [-0.3, -0.25) is 0 Å². The molecule has 0 amide bonds. The molecule has 1 saturated heterocycles. The van der Waals surface area contributed by atoms with Gasteiger partial charge in [-0.15, -0.1) is 0 Å². The standard InChI is InChI=1S/C18H38N2/c1-2-3-4-5-6-7-8-10-14-19-15-13-18-20-16-11-9-12-17-20/h19H,2-18H2,1H3. The lowest BCUT2D eigenvalue weighted by Crippen LogP contribution is -2.32. The molecule has 0 atom stereocenters. The van der Waals surface area contributed by atoms with Gasteiger partial charge in [0.15, 0.2) is 0 Å². The van der Waals surface area contributed by atoms with E-state index in [-0.39, 0.29) is 0 Å². The third kappa shape index (κ3) is 10.7. The van der Waals surface area contributed by atoms with Crippen LogP contribution in [0.5, 0.6) is 0 Å². The van der Waals surface area contributed by atoms with E-state index >= 15 is 0 Å². The van der Waals surface area contributed by atoms with Crippen LogP contribution >= 0.6 is 0 Å². The van der Waals surface area contributed by atoms with Crippen LogP contribution in [0.25, 0.3) is 0 Å². The van der Waals surface area contributed by atoms with Crippen LogP contribution in [-0.4, -0.2) is 37.6 Å². The Kier molecular flexibility index (Phi) is 12.5. The van der Waals surface area contributed by atoms with Crippen LogP contribution < -0.4 is 5.32 Å². The van der Waals surface area contributed by atoms with Crippen LogP contribution in [0.15, 0.2) is 0 Å². The Morgan fingerprint density at radius 1 is 0.700 bits per heavy atom. The Morgan fingerprint density at radius 2 is 1.30 bits per heavy atom. The van der Waals surface area contributed by atoms with Crippen molar-refractivity contribution in [2.24, 2.45) is 0 Å². The first-order chi connectivity index (χ1) is 9.93. The van der Waals surface area contributed by atoms with Crippen LogP contribution in [0.3, 0.4) is 0 Å². The molecule has 2 heteroatoms. The summed E-state index contributed by atoms with van der Waals surface area (Å²) in [4.78, 5) is 2.64. The number of hydrogen-bond acceptors (Lipinski definition) is 2. The molecule has 2 nitrogen and oxygen atoms in total. The van der Waals surface area contributed by atoms with Gasteiger partial charge in [-0.25, -0.2) is 0 Å². The number of rotatable bonds is 13. The second-order valence-corrected chi connectivity index (χ2v) is 6.48. The second kappa shape index (κ2) is 13.9. The number of piperidine rings is 1. The summed E-state index contributed by atoms with van der Waals surface area (Å²) in [6.07, 6.45) is 17.0. The van der Waals surface area contributed by atoms with Crippen LogP contribution in [0.4, 0.5) is 0 Å². The van der Waals surface area contributed by atoms with Gasteiger partial charge in [0.25, 0.3) is 0 Å². The summed E-state index contributed by atoms with van der Waals surface area (Å²) >= 11 is 0. The van der Waals surface area contributed by atoms with Crippen LogP contribution in [-0.2, 0) is 0 Å². The molecule has 0 aromatic carbocycles. The molecule has 0 unspecified atom stereocenters. The van der Waals surface area contributed by atoms with Gasteiger partial charge < -0.3 is 10.2 Å². The molecular weight excluding hydrogens is 244 g/mol. The Morgan fingerprint density at radius 3 is 2.00 bits per heavy atom. The summed E-state index contributed by atoms with van der Waals surface area (Å²) in [6.45, 7) is 8.74. The van der Waals surface area contributed by atoms with Crippen molar-refractivity contribution < 1.29 is 0 Å². The van der Waals surface area contributed by atoms with Gasteiger partial charge in [0.2, 0.25) is 0 Å². The average molecular weight is 283 g/mol. The minimum Gasteiger partial charge on any atom is -0.317 e. The Hall–Kier alpha value is -0.0800. The van der Waals surface area contributed by atoms with Crippen molar-refractivity contribution in [1.82, 2.24) is 10.2 Å². The lowest BCUT2D eigenvalue weighted by Gasteiger charge is -2.26. The van der Waals surface area contributed by atoms with Crippen molar-refractivity contribution in [2.75, 3.05) is 32.7 Å². The Labute approximate surface area is 127 Å². The van der Waals surface area contributed by atoms with Gasteiger partial charge in [0.1, 0.15) is 0 Å². The zero-order valence-corrected chi connectivity index (χ0v) is 14.0. The third-order valence-electron chi connectivity index (χ3n) is 4.48. The first-order valence-corrected chi connectivity index (χ1v) is 9.36. The normalized spacial score (nSPS) is 16.6. The van der Waals surface area contributed by atoms with Crippen molar-refractivity contribution in [1.29, 1.82) is 0 Å². The molecular formula is C18H38N2. The third-order valence-corrected chi connectivity index (χ3v) is 4.48. The number of likely N-dealkylation sites (tertiary alicyclic amines) is 1. The molecule has 0 saturated carbocycles. The molecule has 0 aromatic rings. The number of unbranched alkanes of at least 4 members (excludes halogenated alkanes) is 7. The average Bonchev–Trinajstić information content (AvgIpc) is 2.49. The highest BCUT2D eigenvalue weighted by molar-refractivity contribution is 4.64. The topological polar surface area (TPSA) is 15.3 Å². The van der Waals surface area contributed by atoms with Gasteiger partial charge >= 0.3 is 0 Å². The molecule has 20 heavy (non-hydrogen) atoms. The van der Waals surface area contributed by atoms with Crippen LogP contribution in [0.2, 0.25) is 0 Å². The maximum absolute atomic E-state index is 3.61. The van der Waals surface area contributed by atoms with Gasteiger partial charge in [0.05, 0.1) is 0 Å². The SMILES string of the molecule is CCCCCCCCCCNCCCN1CCCCC1. The Balaban J connectivity index is 1.70. The van der Waals surface area contributed by atoms with E-state index in [2.05, 4.69) is 17.1 Å². The smallest absolute Gasteiger partial charge is 0.000664 e. The van der Waals surface area contributed by atoms with Gasteiger partial charge in [-0.05, 0) is 58.4 Å². The largest absolute Gasteiger partial charge is 0.317 e. The van der Waals surface area contributed by atoms with Crippen LogP contribution in [0.1, 0.15) is 84.0 Å². The van der Waals surface area contributed by atoms with E-state index in [1.54, 1.807) is 0 Å². The molecule has 1 aliphatic heterocycles. The summed E-state index contributed by atoms with van der Waals surface area (Å²) in [5.41, 5.74) is 0. The fourth-order valence-electron chi connectivity index (χ4n) is 3.12. The number of nitrogens with zero attached hydrogens (tertiary/aromatic N) is 1. The second-order valence-electron chi connectivity index (χ2n) is 6.48. The quantitative estimate of drug-likeness (QED) is 0.497.